The second-order valence-electron chi connectivity index (χ2n) is 4.28. The first-order chi connectivity index (χ1) is 8.91. The Morgan fingerprint density at radius 2 is 1.68 bits per heavy atom. The second-order valence-corrected chi connectivity index (χ2v) is 4.28. The molecule has 0 bridgehead atoms. The highest BCUT2D eigenvalue weighted by atomic mass is 19.4. The summed E-state index contributed by atoms with van der Waals surface area (Å²) < 4.78 is 44.1. The molecule has 2 aromatic rings. The van der Waals surface area contributed by atoms with Gasteiger partial charge in [0.25, 0.3) is 0 Å². The molecule has 0 saturated carbocycles. The fourth-order valence-corrected chi connectivity index (χ4v) is 2.00. The molecule has 2 aromatic carbocycles. The molecule has 2 rings (SSSR count). The molecular formula is C15H13F3O. The Labute approximate surface area is 109 Å². The Bertz CT molecular complexity index is 588. The first kappa shape index (κ1) is 13.5. The highest BCUT2D eigenvalue weighted by Gasteiger charge is 2.33. The number of hydrogen-bond donors (Lipinski definition) is 0. The third-order valence-corrected chi connectivity index (χ3v) is 2.83. The van der Waals surface area contributed by atoms with E-state index in [1.807, 2.05) is 6.92 Å². The molecule has 0 heterocycles. The average molecular weight is 266 g/mol. The van der Waals surface area contributed by atoms with E-state index >= 15 is 0 Å². The largest absolute Gasteiger partial charge is 0.497 e. The number of methoxy groups -OCH3 is 1. The van der Waals surface area contributed by atoms with E-state index in [-0.39, 0.29) is 5.56 Å². The maximum absolute atomic E-state index is 13.0. The van der Waals surface area contributed by atoms with Crippen LogP contribution in [0.15, 0.2) is 42.5 Å². The molecular weight excluding hydrogens is 253 g/mol. The summed E-state index contributed by atoms with van der Waals surface area (Å²) in [7, 11) is 1.49. The maximum Gasteiger partial charge on any atom is 0.417 e. The summed E-state index contributed by atoms with van der Waals surface area (Å²) in [4.78, 5) is 0. The van der Waals surface area contributed by atoms with Gasteiger partial charge in [0.15, 0.2) is 0 Å². The summed E-state index contributed by atoms with van der Waals surface area (Å²) in [6.45, 7) is 1.82. The minimum absolute atomic E-state index is 0.164. The van der Waals surface area contributed by atoms with Crippen molar-refractivity contribution in [2.24, 2.45) is 0 Å². The number of alkyl halides is 3. The lowest BCUT2D eigenvalue weighted by Gasteiger charge is -2.14. The number of aryl methyl sites for hydroxylation is 1. The van der Waals surface area contributed by atoms with Gasteiger partial charge in [-0.1, -0.05) is 24.3 Å². The molecule has 0 radical (unpaired) electrons. The van der Waals surface area contributed by atoms with Crippen LogP contribution in [-0.2, 0) is 6.18 Å². The van der Waals surface area contributed by atoms with Crippen molar-refractivity contribution in [1.29, 1.82) is 0 Å². The van der Waals surface area contributed by atoms with E-state index in [9.17, 15) is 13.2 Å². The van der Waals surface area contributed by atoms with Crippen LogP contribution < -0.4 is 4.74 Å². The molecule has 0 unspecified atom stereocenters. The Morgan fingerprint density at radius 1 is 1.00 bits per heavy atom. The molecule has 0 fully saturated rings. The van der Waals surface area contributed by atoms with Crippen LogP contribution in [0.1, 0.15) is 11.1 Å². The molecule has 0 aliphatic heterocycles. The van der Waals surface area contributed by atoms with Crippen molar-refractivity contribution in [2.75, 3.05) is 7.11 Å². The van der Waals surface area contributed by atoms with Crippen LogP contribution in [0.5, 0.6) is 5.75 Å². The topological polar surface area (TPSA) is 9.23 Å². The van der Waals surface area contributed by atoms with Crippen LogP contribution in [0, 0.1) is 6.92 Å². The van der Waals surface area contributed by atoms with Crippen molar-refractivity contribution in [2.45, 2.75) is 13.1 Å². The van der Waals surface area contributed by atoms with Gasteiger partial charge in [-0.05, 0) is 41.8 Å². The van der Waals surface area contributed by atoms with E-state index in [1.165, 1.54) is 19.2 Å². The van der Waals surface area contributed by atoms with Crippen LogP contribution >= 0.6 is 0 Å². The summed E-state index contributed by atoms with van der Waals surface area (Å²) in [5.41, 5.74) is 0.885. The minimum atomic E-state index is -4.37. The number of rotatable bonds is 2. The monoisotopic (exact) mass is 266 g/mol. The number of benzene rings is 2. The molecule has 100 valence electrons. The molecule has 0 aromatic heterocycles. The van der Waals surface area contributed by atoms with Gasteiger partial charge in [-0.3, -0.25) is 0 Å². The quantitative estimate of drug-likeness (QED) is 0.766. The average Bonchev–Trinajstić information content (AvgIpc) is 2.37. The highest BCUT2D eigenvalue weighted by molar-refractivity contribution is 5.70. The summed E-state index contributed by atoms with van der Waals surface area (Å²) in [5.74, 6) is 0.548. The maximum atomic E-state index is 13.0. The fraction of sp³-hybridized carbons (Fsp3) is 0.200. The van der Waals surface area contributed by atoms with Crippen LogP contribution in [0.25, 0.3) is 11.1 Å². The Balaban J connectivity index is 2.62. The van der Waals surface area contributed by atoms with E-state index < -0.39 is 11.7 Å². The molecule has 0 aliphatic rings. The number of ether oxygens (including phenoxy) is 1. The van der Waals surface area contributed by atoms with E-state index in [2.05, 4.69) is 0 Å². The van der Waals surface area contributed by atoms with E-state index in [4.69, 9.17) is 4.74 Å². The number of hydrogen-bond acceptors (Lipinski definition) is 1. The molecule has 0 aliphatic carbocycles. The van der Waals surface area contributed by atoms with Crippen molar-refractivity contribution in [1.82, 2.24) is 0 Å². The molecule has 1 nitrogen and oxygen atoms in total. The van der Waals surface area contributed by atoms with Gasteiger partial charge in [-0.15, -0.1) is 0 Å². The molecule has 19 heavy (non-hydrogen) atoms. The zero-order valence-corrected chi connectivity index (χ0v) is 10.6. The molecule has 0 amide bonds. The predicted molar refractivity (Wildman–Crippen MR) is 68.2 cm³/mol. The van der Waals surface area contributed by atoms with E-state index in [1.54, 1.807) is 24.3 Å². The lowest BCUT2D eigenvalue weighted by molar-refractivity contribution is -0.137. The zero-order chi connectivity index (χ0) is 14.0. The highest BCUT2D eigenvalue weighted by Crippen LogP contribution is 2.38. The summed E-state index contributed by atoms with van der Waals surface area (Å²) in [6, 6.07) is 10.6. The lowest BCUT2D eigenvalue weighted by atomic mass is 9.98. The first-order valence-electron chi connectivity index (χ1n) is 5.74. The van der Waals surface area contributed by atoms with Crippen molar-refractivity contribution < 1.29 is 17.9 Å². The first-order valence-corrected chi connectivity index (χ1v) is 5.74. The van der Waals surface area contributed by atoms with Crippen molar-refractivity contribution in [3.05, 3.63) is 53.6 Å². The third-order valence-electron chi connectivity index (χ3n) is 2.83. The Kier molecular flexibility index (Phi) is 3.51. The van der Waals surface area contributed by atoms with Gasteiger partial charge >= 0.3 is 6.18 Å². The Hall–Kier alpha value is -1.97. The summed E-state index contributed by atoms with van der Waals surface area (Å²) >= 11 is 0. The molecule has 0 spiro atoms. The standard InChI is InChI=1S/C15H13F3O/c1-10-7-11(9-12(8-10)19-2)13-5-3-4-6-14(13)15(16,17)18/h3-9H,1-2H3. The van der Waals surface area contributed by atoms with Gasteiger partial charge in [-0.2, -0.15) is 13.2 Å². The molecule has 0 atom stereocenters. The van der Waals surface area contributed by atoms with Crippen LogP contribution in [-0.4, -0.2) is 7.11 Å². The van der Waals surface area contributed by atoms with Crippen LogP contribution in [0.4, 0.5) is 13.2 Å². The smallest absolute Gasteiger partial charge is 0.417 e. The van der Waals surface area contributed by atoms with Gasteiger partial charge in [0, 0.05) is 0 Å². The van der Waals surface area contributed by atoms with Crippen molar-refractivity contribution >= 4 is 0 Å². The number of halogens is 3. The lowest BCUT2D eigenvalue weighted by Crippen LogP contribution is -2.06. The summed E-state index contributed by atoms with van der Waals surface area (Å²) in [6.07, 6.45) is -4.37. The van der Waals surface area contributed by atoms with Gasteiger partial charge < -0.3 is 4.74 Å². The van der Waals surface area contributed by atoms with E-state index in [0.29, 0.717) is 11.3 Å². The predicted octanol–water partition coefficient (Wildman–Crippen LogP) is 4.69. The van der Waals surface area contributed by atoms with Gasteiger partial charge in [-0.25, -0.2) is 0 Å². The van der Waals surface area contributed by atoms with Gasteiger partial charge in [0.1, 0.15) is 5.75 Å². The van der Waals surface area contributed by atoms with Crippen LogP contribution in [0.2, 0.25) is 0 Å². The minimum Gasteiger partial charge on any atom is -0.497 e. The third kappa shape index (κ3) is 2.89. The zero-order valence-electron chi connectivity index (χ0n) is 10.6. The van der Waals surface area contributed by atoms with Crippen LogP contribution in [0.3, 0.4) is 0 Å². The normalized spacial score (nSPS) is 11.4. The Morgan fingerprint density at radius 3 is 2.32 bits per heavy atom. The van der Waals surface area contributed by atoms with Gasteiger partial charge in [0.2, 0.25) is 0 Å². The second kappa shape index (κ2) is 4.96. The molecule has 4 heteroatoms. The summed E-state index contributed by atoms with van der Waals surface area (Å²) in [5, 5.41) is 0. The van der Waals surface area contributed by atoms with E-state index in [0.717, 1.165) is 11.6 Å². The molecule has 0 N–H and O–H groups in total. The van der Waals surface area contributed by atoms with Crippen molar-refractivity contribution in [3.8, 4) is 16.9 Å². The fourth-order valence-electron chi connectivity index (χ4n) is 2.00. The van der Waals surface area contributed by atoms with Gasteiger partial charge in [0.05, 0.1) is 12.7 Å². The van der Waals surface area contributed by atoms with Crippen molar-refractivity contribution in [3.63, 3.8) is 0 Å². The molecule has 0 saturated heterocycles. The SMILES string of the molecule is COc1cc(C)cc(-c2ccccc2C(F)(F)F)c1.